The van der Waals surface area contributed by atoms with Gasteiger partial charge in [0.2, 0.25) is 5.88 Å². The van der Waals surface area contributed by atoms with Gasteiger partial charge < -0.3 is 10.1 Å². The number of pyridine rings is 1. The zero-order valence-electron chi connectivity index (χ0n) is 12.2. The average Bonchev–Trinajstić information content (AvgIpc) is 2.47. The van der Waals surface area contributed by atoms with Crippen molar-refractivity contribution in [2.75, 3.05) is 12.4 Å². The molecule has 0 aliphatic rings. The molecule has 0 unspecified atom stereocenters. The highest BCUT2D eigenvalue weighted by Gasteiger charge is 2.14. The Hall–Kier alpha value is -2.63. The molecule has 110 valence electrons. The molecule has 0 spiro atoms. The van der Waals surface area contributed by atoms with Crippen molar-refractivity contribution in [1.29, 1.82) is 0 Å². The first kappa shape index (κ1) is 14.8. The van der Waals surface area contributed by atoms with Crippen molar-refractivity contribution >= 4 is 11.5 Å². The van der Waals surface area contributed by atoms with Crippen LogP contribution in [0.5, 0.6) is 11.6 Å². The van der Waals surface area contributed by atoms with E-state index in [9.17, 15) is 10.1 Å². The fraction of sp³-hybridized carbons (Fsp3) is 0.267. The summed E-state index contributed by atoms with van der Waals surface area (Å²) in [7, 11) is 1.65. The van der Waals surface area contributed by atoms with E-state index >= 15 is 0 Å². The van der Waals surface area contributed by atoms with E-state index in [1.54, 1.807) is 7.05 Å². The molecular weight excluding hydrogens is 270 g/mol. The van der Waals surface area contributed by atoms with Crippen molar-refractivity contribution in [3.05, 3.63) is 52.1 Å². The summed E-state index contributed by atoms with van der Waals surface area (Å²) in [6.07, 6.45) is 0. The zero-order chi connectivity index (χ0) is 15.4. The van der Waals surface area contributed by atoms with Crippen molar-refractivity contribution in [3.63, 3.8) is 0 Å². The van der Waals surface area contributed by atoms with Gasteiger partial charge in [0.15, 0.2) is 0 Å². The Balaban J connectivity index is 2.40. The van der Waals surface area contributed by atoms with E-state index in [4.69, 9.17) is 4.74 Å². The lowest BCUT2D eigenvalue weighted by Gasteiger charge is -2.13. The maximum atomic E-state index is 10.9. The van der Waals surface area contributed by atoms with Gasteiger partial charge >= 0.3 is 0 Å². The summed E-state index contributed by atoms with van der Waals surface area (Å²) in [5, 5.41) is 13.7. The van der Waals surface area contributed by atoms with Gasteiger partial charge in [0.05, 0.1) is 17.1 Å². The zero-order valence-corrected chi connectivity index (χ0v) is 12.2. The third-order valence-corrected chi connectivity index (χ3v) is 3.01. The Bertz CT molecular complexity index is 656. The molecule has 21 heavy (non-hydrogen) atoms. The lowest BCUT2D eigenvalue weighted by molar-refractivity contribution is -0.384. The van der Waals surface area contributed by atoms with Crippen LogP contribution in [0, 0.1) is 10.1 Å². The lowest BCUT2D eigenvalue weighted by atomic mass is 10.0. The Labute approximate surface area is 122 Å². The number of benzene rings is 1. The van der Waals surface area contributed by atoms with Crippen LogP contribution in [0.1, 0.15) is 25.3 Å². The molecule has 0 atom stereocenters. The molecule has 1 aromatic carbocycles. The van der Waals surface area contributed by atoms with E-state index in [0.29, 0.717) is 11.6 Å². The minimum absolute atomic E-state index is 0.0635. The second-order valence-electron chi connectivity index (χ2n) is 4.85. The Morgan fingerprint density at radius 2 is 2.00 bits per heavy atom. The first-order valence-corrected chi connectivity index (χ1v) is 6.62. The first-order chi connectivity index (χ1) is 10.0. The van der Waals surface area contributed by atoms with Crippen molar-refractivity contribution in [2.45, 2.75) is 19.8 Å². The molecule has 0 bridgehead atoms. The van der Waals surface area contributed by atoms with E-state index in [1.165, 1.54) is 12.1 Å². The van der Waals surface area contributed by atoms with Gasteiger partial charge in [-0.2, -0.15) is 4.98 Å². The highest BCUT2D eigenvalue weighted by molar-refractivity contribution is 5.49. The van der Waals surface area contributed by atoms with Crippen LogP contribution in [-0.2, 0) is 0 Å². The van der Waals surface area contributed by atoms with Gasteiger partial charge in [0, 0.05) is 7.05 Å². The summed E-state index contributed by atoms with van der Waals surface area (Å²) >= 11 is 0. The number of nitrogens with zero attached hydrogens (tertiary/aromatic N) is 2. The number of hydrogen-bond donors (Lipinski definition) is 1. The number of anilines is 1. The first-order valence-electron chi connectivity index (χ1n) is 6.62. The standard InChI is InChI=1S/C15H17N3O3/c1-10(2)12-6-4-5-7-13(12)21-15-9-11(18(19)20)8-14(16-3)17-15/h4-10H,1-3H3,(H,16,17). The normalized spacial score (nSPS) is 10.5. The van der Waals surface area contributed by atoms with E-state index in [2.05, 4.69) is 24.1 Å². The molecule has 0 saturated carbocycles. The number of nitrogens with one attached hydrogen (secondary N) is 1. The van der Waals surface area contributed by atoms with Crippen LogP contribution in [0.2, 0.25) is 0 Å². The molecule has 6 nitrogen and oxygen atoms in total. The lowest BCUT2D eigenvalue weighted by Crippen LogP contribution is -1.99. The number of hydrogen-bond acceptors (Lipinski definition) is 5. The van der Waals surface area contributed by atoms with Gasteiger partial charge in [-0.3, -0.25) is 10.1 Å². The molecule has 0 saturated heterocycles. The molecule has 0 amide bonds. The summed E-state index contributed by atoms with van der Waals surface area (Å²) in [4.78, 5) is 14.7. The van der Waals surface area contributed by atoms with Crippen molar-refractivity contribution < 1.29 is 9.66 Å². The summed E-state index contributed by atoms with van der Waals surface area (Å²) in [5.74, 6) is 1.52. The molecule has 0 fully saturated rings. The van der Waals surface area contributed by atoms with Crippen molar-refractivity contribution in [3.8, 4) is 11.6 Å². The van der Waals surface area contributed by atoms with Crippen LogP contribution in [0.15, 0.2) is 36.4 Å². The molecule has 2 rings (SSSR count). The van der Waals surface area contributed by atoms with Crippen molar-refractivity contribution in [1.82, 2.24) is 4.98 Å². The smallest absolute Gasteiger partial charge is 0.278 e. The van der Waals surface area contributed by atoms with Gasteiger partial charge in [-0.05, 0) is 17.5 Å². The van der Waals surface area contributed by atoms with E-state index in [1.807, 2.05) is 24.3 Å². The van der Waals surface area contributed by atoms with Gasteiger partial charge in [-0.1, -0.05) is 32.0 Å². The fourth-order valence-corrected chi connectivity index (χ4v) is 1.94. The highest BCUT2D eigenvalue weighted by Crippen LogP contribution is 2.31. The van der Waals surface area contributed by atoms with Gasteiger partial charge in [-0.15, -0.1) is 0 Å². The number of rotatable bonds is 5. The minimum atomic E-state index is -0.469. The van der Waals surface area contributed by atoms with Gasteiger partial charge in [-0.25, -0.2) is 0 Å². The average molecular weight is 287 g/mol. The maximum Gasteiger partial charge on any atom is 0.278 e. The Morgan fingerprint density at radius 1 is 1.29 bits per heavy atom. The summed E-state index contributed by atoms with van der Waals surface area (Å²) in [6, 6.07) is 10.3. The van der Waals surface area contributed by atoms with Gasteiger partial charge in [0.1, 0.15) is 11.6 Å². The number of ether oxygens (including phenoxy) is 1. The summed E-state index contributed by atoms with van der Waals surface area (Å²) in [6.45, 7) is 4.12. The maximum absolute atomic E-state index is 10.9. The van der Waals surface area contributed by atoms with Crippen molar-refractivity contribution in [2.24, 2.45) is 0 Å². The second kappa shape index (κ2) is 6.21. The van der Waals surface area contributed by atoms with E-state index in [-0.39, 0.29) is 17.5 Å². The molecule has 0 aliphatic heterocycles. The van der Waals surface area contributed by atoms with Crippen LogP contribution >= 0.6 is 0 Å². The molecule has 0 aliphatic carbocycles. The molecule has 1 aromatic heterocycles. The SMILES string of the molecule is CNc1cc([N+](=O)[O-])cc(Oc2ccccc2C(C)C)n1. The van der Waals surface area contributed by atoms with Crippen LogP contribution in [0.4, 0.5) is 11.5 Å². The van der Waals surface area contributed by atoms with E-state index < -0.39 is 4.92 Å². The number of nitro groups is 1. The third kappa shape index (κ3) is 3.47. The summed E-state index contributed by atoms with van der Waals surface area (Å²) in [5.41, 5.74) is 0.961. The minimum Gasteiger partial charge on any atom is -0.438 e. The van der Waals surface area contributed by atoms with Crippen LogP contribution < -0.4 is 10.1 Å². The largest absolute Gasteiger partial charge is 0.438 e. The molecular formula is C15H17N3O3. The topological polar surface area (TPSA) is 77.3 Å². The number of para-hydroxylation sites is 1. The van der Waals surface area contributed by atoms with E-state index in [0.717, 1.165) is 5.56 Å². The number of aromatic nitrogens is 1. The fourth-order valence-electron chi connectivity index (χ4n) is 1.94. The quantitative estimate of drug-likeness (QED) is 0.665. The second-order valence-corrected chi connectivity index (χ2v) is 4.85. The third-order valence-electron chi connectivity index (χ3n) is 3.01. The van der Waals surface area contributed by atoms with Crippen LogP contribution in [-0.4, -0.2) is 17.0 Å². The Kier molecular flexibility index (Phi) is 4.37. The predicted octanol–water partition coefficient (Wildman–Crippen LogP) is 3.95. The van der Waals surface area contributed by atoms with Crippen LogP contribution in [0.3, 0.4) is 0 Å². The van der Waals surface area contributed by atoms with Crippen LogP contribution in [0.25, 0.3) is 0 Å². The molecule has 1 heterocycles. The monoisotopic (exact) mass is 287 g/mol. The Morgan fingerprint density at radius 3 is 2.62 bits per heavy atom. The van der Waals surface area contributed by atoms with Gasteiger partial charge in [0.25, 0.3) is 5.69 Å². The molecule has 2 aromatic rings. The highest BCUT2D eigenvalue weighted by atomic mass is 16.6. The predicted molar refractivity (Wildman–Crippen MR) is 81.0 cm³/mol. The molecule has 0 radical (unpaired) electrons. The molecule has 1 N–H and O–H groups in total. The summed E-state index contributed by atoms with van der Waals surface area (Å²) < 4.78 is 5.75. The molecule has 6 heteroatoms.